The average molecular weight is 385 g/mol. The highest BCUT2D eigenvalue weighted by atomic mass is 19.4. The molecule has 0 N–H and O–H groups in total. The number of pyridine rings is 1. The van der Waals surface area contributed by atoms with E-state index in [1.807, 2.05) is 0 Å². The van der Waals surface area contributed by atoms with Crippen LogP contribution in [-0.2, 0) is 13.2 Å². The fourth-order valence-electron chi connectivity index (χ4n) is 3.50. The second kappa shape index (κ2) is 6.05. The number of alkyl halides is 3. The van der Waals surface area contributed by atoms with Crippen molar-refractivity contribution < 1.29 is 13.2 Å². The van der Waals surface area contributed by atoms with Crippen molar-refractivity contribution in [2.24, 2.45) is 7.05 Å². The largest absolute Gasteiger partial charge is 0.416 e. The van der Waals surface area contributed by atoms with Gasteiger partial charge in [-0.1, -0.05) is 24.3 Å². The number of nitrogens with zero attached hydrogens (tertiary/aromatic N) is 3. The molecule has 4 aromatic rings. The van der Waals surface area contributed by atoms with Crippen molar-refractivity contribution in [1.82, 2.24) is 14.1 Å². The quantitative estimate of drug-likeness (QED) is 0.503. The molecule has 4 rings (SSSR count). The van der Waals surface area contributed by atoms with Crippen LogP contribution in [0.3, 0.4) is 0 Å². The van der Waals surface area contributed by atoms with E-state index in [4.69, 9.17) is 0 Å². The lowest BCUT2D eigenvalue weighted by molar-refractivity contribution is -0.137. The molecule has 0 aliphatic heterocycles. The Morgan fingerprint density at radius 3 is 2.43 bits per heavy atom. The number of halogens is 3. The Morgan fingerprint density at radius 2 is 1.71 bits per heavy atom. The van der Waals surface area contributed by atoms with E-state index in [1.165, 1.54) is 24.7 Å². The van der Waals surface area contributed by atoms with Gasteiger partial charge in [-0.2, -0.15) is 13.2 Å². The van der Waals surface area contributed by atoms with Crippen LogP contribution in [0.1, 0.15) is 11.1 Å². The summed E-state index contributed by atoms with van der Waals surface area (Å²) >= 11 is 0. The lowest BCUT2D eigenvalue weighted by Gasteiger charge is -2.16. The van der Waals surface area contributed by atoms with Crippen molar-refractivity contribution in [2.75, 3.05) is 0 Å². The first kappa shape index (κ1) is 18.0. The van der Waals surface area contributed by atoms with E-state index in [0.717, 1.165) is 16.7 Å². The SMILES string of the molecule is Cc1c(C(F)(F)F)ccc2c1c(=O)n(-c1cncc3ccccc13)c(=O)n2C. The molecule has 0 aliphatic rings. The maximum absolute atomic E-state index is 13.3. The van der Waals surface area contributed by atoms with Crippen molar-refractivity contribution in [2.45, 2.75) is 13.1 Å². The highest BCUT2D eigenvalue weighted by Gasteiger charge is 2.33. The van der Waals surface area contributed by atoms with Gasteiger partial charge in [0, 0.05) is 24.0 Å². The molecule has 0 amide bonds. The summed E-state index contributed by atoms with van der Waals surface area (Å²) in [4.78, 5) is 30.2. The van der Waals surface area contributed by atoms with E-state index in [0.29, 0.717) is 10.8 Å². The molecule has 28 heavy (non-hydrogen) atoms. The highest BCUT2D eigenvalue weighted by molar-refractivity contribution is 5.90. The predicted octanol–water partition coefficient (Wildman–Crippen LogP) is 3.56. The summed E-state index contributed by atoms with van der Waals surface area (Å²) in [6.45, 7) is 1.24. The van der Waals surface area contributed by atoms with Gasteiger partial charge >= 0.3 is 11.9 Å². The van der Waals surface area contributed by atoms with Crippen LogP contribution in [0, 0.1) is 6.92 Å². The number of rotatable bonds is 1. The van der Waals surface area contributed by atoms with Crippen LogP contribution in [0.2, 0.25) is 0 Å². The zero-order valence-corrected chi connectivity index (χ0v) is 14.9. The molecule has 2 aromatic heterocycles. The zero-order chi connectivity index (χ0) is 20.2. The van der Waals surface area contributed by atoms with Crippen LogP contribution in [-0.4, -0.2) is 14.1 Å². The predicted molar refractivity (Wildman–Crippen MR) is 99.8 cm³/mol. The number of aryl methyl sites for hydroxylation is 2. The third-order valence-electron chi connectivity index (χ3n) is 4.89. The molecule has 0 spiro atoms. The number of hydrogen-bond donors (Lipinski definition) is 0. The molecule has 2 heterocycles. The van der Waals surface area contributed by atoms with E-state index >= 15 is 0 Å². The van der Waals surface area contributed by atoms with Gasteiger partial charge in [0.25, 0.3) is 5.56 Å². The lowest BCUT2D eigenvalue weighted by Crippen LogP contribution is -2.38. The maximum atomic E-state index is 13.3. The minimum atomic E-state index is -4.61. The molecular formula is C20H14F3N3O2. The molecule has 0 bridgehead atoms. The average Bonchev–Trinajstić information content (AvgIpc) is 2.65. The molecule has 5 nitrogen and oxygen atoms in total. The number of hydrogen-bond acceptors (Lipinski definition) is 3. The monoisotopic (exact) mass is 385 g/mol. The van der Waals surface area contributed by atoms with Crippen molar-refractivity contribution in [1.29, 1.82) is 0 Å². The Balaban J connectivity index is 2.21. The Bertz CT molecular complexity index is 1360. The van der Waals surface area contributed by atoms with Crippen LogP contribution in [0.15, 0.2) is 58.4 Å². The van der Waals surface area contributed by atoms with Crippen LogP contribution in [0.5, 0.6) is 0 Å². The van der Waals surface area contributed by atoms with Gasteiger partial charge in [0.05, 0.1) is 28.4 Å². The van der Waals surface area contributed by atoms with Crippen LogP contribution >= 0.6 is 0 Å². The van der Waals surface area contributed by atoms with Gasteiger partial charge in [-0.15, -0.1) is 0 Å². The molecule has 0 aliphatic carbocycles. The van der Waals surface area contributed by atoms with Crippen LogP contribution in [0.4, 0.5) is 13.2 Å². The van der Waals surface area contributed by atoms with Gasteiger partial charge in [-0.3, -0.25) is 14.3 Å². The summed E-state index contributed by atoms with van der Waals surface area (Å²) in [5.74, 6) is 0. The Labute approximate surface area is 156 Å². The molecular weight excluding hydrogens is 371 g/mol. The Kier molecular flexibility index (Phi) is 3.88. The van der Waals surface area contributed by atoms with Crippen LogP contribution < -0.4 is 11.2 Å². The third-order valence-corrected chi connectivity index (χ3v) is 4.89. The van der Waals surface area contributed by atoms with Gasteiger partial charge in [-0.05, 0) is 24.6 Å². The first-order chi connectivity index (χ1) is 13.2. The van der Waals surface area contributed by atoms with Gasteiger partial charge in [0.2, 0.25) is 0 Å². The minimum Gasteiger partial charge on any atom is -0.296 e. The first-order valence-electron chi connectivity index (χ1n) is 8.37. The summed E-state index contributed by atoms with van der Waals surface area (Å²) in [6, 6.07) is 9.07. The summed E-state index contributed by atoms with van der Waals surface area (Å²) in [6.07, 6.45) is -1.66. The van der Waals surface area contributed by atoms with Crippen molar-refractivity contribution >= 4 is 21.7 Å². The molecule has 2 aromatic carbocycles. The van der Waals surface area contributed by atoms with E-state index in [2.05, 4.69) is 4.98 Å². The minimum absolute atomic E-state index is 0.143. The lowest BCUT2D eigenvalue weighted by atomic mass is 10.0. The summed E-state index contributed by atoms with van der Waals surface area (Å²) < 4.78 is 42.0. The standard InChI is InChI=1S/C20H14F3N3O2/c1-11-14(20(21,22)23)7-8-15-17(11)18(27)26(19(28)25(15)2)16-10-24-9-12-5-3-4-6-13(12)16/h3-10H,1-2H3. The number of aromatic nitrogens is 3. The molecule has 0 unspecified atom stereocenters. The second-order valence-corrected chi connectivity index (χ2v) is 6.49. The molecule has 0 atom stereocenters. The smallest absolute Gasteiger partial charge is 0.296 e. The molecule has 0 radical (unpaired) electrons. The van der Waals surface area contributed by atoms with Crippen molar-refractivity contribution in [3.8, 4) is 5.69 Å². The molecule has 142 valence electrons. The van der Waals surface area contributed by atoms with Crippen molar-refractivity contribution in [3.05, 3.63) is 80.8 Å². The fourth-order valence-corrected chi connectivity index (χ4v) is 3.50. The number of benzene rings is 2. The maximum Gasteiger partial charge on any atom is 0.416 e. The van der Waals surface area contributed by atoms with E-state index < -0.39 is 23.0 Å². The van der Waals surface area contributed by atoms with Gasteiger partial charge in [-0.25, -0.2) is 9.36 Å². The van der Waals surface area contributed by atoms with Gasteiger partial charge < -0.3 is 0 Å². The van der Waals surface area contributed by atoms with E-state index in [9.17, 15) is 22.8 Å². The van der Waals surface area contributed by atoms with Gasteiger partial charge in [0.1, 0.15) is 0 Å². The van der Waals surface area contributed by atoms with E-state index in [-0.39, 0.29) is 22.2 Å². The Morgan fingerprint density at radius 1 is 1.00 bits per heavy atom. The summed E-state index contributed by atoms with van der Waals surface area (Å²) in [5, 5.41) is 1.15. The Hall–Kier alpha value is -3.42. The molecule has 0 saturated carbocycles. The fraction of sp³-hybridized carbons (Fsp3) is 0.150. The molecule has 0 saturated heterocycles. The summed E-state index contributed by atoms with van der Waals surface area (Å²) in [7, 11) is 1.42. The molecule has 8 heteroatoms. The zero-order valence-electron chi connectivity index (χ0n) is 14.9. The highest BCUT2D eigenvalue weighted by Crippen LogP contribution is 2.34. The second-order valence-electron chi connectivity index (χ2n) is 6.49. The van der Waals surface area contributed by atoms with Crippen molar-refractivity contribution in [3.63, 3.8) is 0 Å². The first-order valence-corrected chi connectivity index (χ1v) is 8.37. The van der Waals surface area contributed by atoms with Crippen LogP contribution in [0.25, 0.3) is 27.4 Å². The van der Waals surface area contributed by atoms with E-state index in [1.54, 1.807) is 30.5 Å². The third kappa shape index (κ3) is 2.52. The number of fused-ring (bicyclic) bond motifs is 2. The normalized spacial score (nSPS) is 12.0. The molecule has 0 fully saturated rings. The summed E-state index contributed by atoms with van der Waals surface area (Å²) in [5.41, 5.74) is -2.21. The topological polar surface area (TPSA) is 56.9 Å². The van der Waals surface area contributed by atoms with Gasteiger partial charge in [0.15, 0.2) is 0 Å².